The van der Waals surface area contributed by atoms with Gasteiger partial charge in [-0.05, 0) is 62.6 Å². The van der Waals surface area contributed by atoms with Crippen LogP contribution in [0.3, 0.4) is 0 Å². The number of aryl methyl sites for hydroxylation is 1. The Bertz CT molecular complexity index is 928. The van der Waals surface area contributed by atoms with Crippen LogP contribution in [0.5, 0.6) is 0 Å². The normalized spacial score (nSPS) is 10.9. The van der Waals surface area contributed by atoms with E-state index < -0.39 is 0 Å². The summed E-state index contributed by atoms with van der Waals surface area (Å²) in [7, 11) is 0. The summed E-state index contributed by atoms with van der Waals surface area (Å²) in [5, 5.41) is 3.09. The second-order valence-corrected chi connectivity index (χ2v) is 7.51. The number of amides is 2. The third-order valence-corrected chi connectivity index (χ3v) is 5.18. The lowest BCUT2D eigenvalue weighted by atomic mass is 10.1. The Morgan fingerprint density at radius 3 is 2.46 bits per heavy atom. The van der Waals surface area contributed by atoms with E-state index in [1.54, 1.807) is 0 Å². The highest BCUT2D eigenvalue weighted by Crippen LogP contribution is 2.20. The first-order chi connectivity index (χ1) is 13.5. The van der Waals surface area contributed by atoms with Crippen molar-refractivity contribution in [3.8, 4) is 0 Å². The summed E-state index contributed by atoms with van der Waals surface area (Å²) in [5.41, 5.74) is 5.51. The van der Waals surface area contributed by atoms with Crippen LogP contribution in [0.2, 0.25) is 0 Å². The predicted molar refractivity (Wildman–Crippen MR) is 116 cm³/mol. The lowest BCUT2D eigenvalue weighted by Crippen LogP contribution is -2.40. The fourth-order valence-corrected chi connectivity index (χ4v) is 3.26. The number of nitrogens with one attached hydrogen (secondary N) is 1. The minimum atomic E-state index is -0.0730. The van der Waals surface area contributed by atoms with Crippen LogP contribution in [0.25, 0.3) is 0 Å². The number of nitrogens with zero attached hydrogens (tertiary/aromatic N) is 2. The van der Waals surface area contributed by atoms with Gasteiger partial charge in [0.1, 0.15) is 0 Å². The van der Waals surface area contributed by atoms with Crippen molar-refractivity contribution in [3.05, 3.63) is 89.2 Å². The SMILES string of the molecule is Cc1cccc(NC(=O)N(Cc2cccn2Cc2ccccc2)C(C)C)c1C. The minimum absolute atomic E-state index is 0.0730. The summed E-state index contributed by atoms with van der Waals surface area (Å²) in [6.45, 7) is 9.56. The van der Waals surface area contributed by atoms with Crippen LogP contribution in [-0.2, 0) is 13.1 Å². The molecule has 1 heterocycles. The summed E-state index contributed by atoms with van der Waals surface area (Å²) < 4.78 is 2.20. The van der Waals surface area contributed by atoms with E-state index in [-0.39, 0.29) is 12.1 Å². The molecule has 146 valence electrons. The van der Waals surface area contributed by atoms with Gasteiger partial charge in [-0.2, -0.15) is 0 Å². The number of hydrogen-bond acceptors (Lipinski definition) is 1. The molecule has 1 N–H and O–H groups in total. The Kier molecular flexibility index (Phi) is 6.19. The molecule has 0 aliphatic rings. The van der Waals surface area contributed by atoms with Gasteiger partial charge in [0.05, 0.1) is 6.54 Å². The quantitative estimate of drug-likeness (QED) is 0.598. The molecule has 2 amide bonds. The standard InChI is InChI=1S/C24H29N3O/c1-18(2)27(24(28)25-23-14-8-10-19(3)20(23)4)17-22-13-9-15-26(22)16-21-11-6-5-7-12-21/h5-15,18H,16-17H2,1-4H3,(H,25,28). The number of benzene rings is 2. The van der Waals surface area contributed by atoms with Gasteiger partial charge in [-0.15, -0.1) is 0 Å². The number of carbonyl (C=O) groups excluding carboxylic acids is 1. The fourth-order valence-electron chi connectivity index (χ4n) is 3.26. The summed E-state index contributed by atoms with van der Waals surface area (Å²) in [6.07, 6.45) is 2.07. The molecule has 0 spiro atoms. The molecule has 0 bridgehead atoms. The van der Waals surface area contributed by atoms with Crippen molar-refractivity contribution < 1.29 is 4.79 Å². The topological polar surface area (TPSA) is 37.3 Å². The summed E-state index contributed by atoms with van der Waals surface area (Å²) in [4.78, 5) is 14.9. The summed E-state index contributed by atoms with van der Waals surface area (Å²) in [5.74, 6) is 0. The van der Waals surface area contributed by atoms with Gasteiger partial charge in [0, 0.05) is 30.2 Å². The maximum Gasteiger partial charge on any atom is 0.322 e. The molecule has 0 saturated carbocycles. The van der Waals surface area contributed by atoms with E-state index in [9.17, 15) is 4.79 Å². The Hall–Kier alpha value is -3.01. The van der Waals surface area contributed by atoms with Crippen LogP contribution in [-0.4, -0.2) is 21.5 Å². The lowest BCUT2D eigenvalue weighted by Gasteiger charge is -2.28. The van der Waals surface area contributed by atoms with Crippen LogP contribution in [0, 0.1) is 13.8 Å². The third kappa shape index (κ3) is 4.63. The van der Waals surface area contributed by atoms with E-state index in [2.05, 4.69) is 59.4 Å². The highest BCUT2D eigenvalue weighted by Gasteiger charge is 2.19. The second kappa shape index (κ2) is 8.79. The molecule has 2 aromatic carbocycles. The number of carbonyl (C=O) groups is 1. The highest BCUT2D eigenvalue weighted by molar-refractivity contribution is 5.90. The minimum Gasteiger partial charge on any atom is -0.345 e. The number of rotatable bonds is 6. The van der Waals surface area contributed by atoms with E-state index in [0.717, 1.165) is 23.5 Å². The Labute approximate surface area is 167 Å². The van der Waals surface area contributed by atoms with E-state index in [1.807, 2.05) is 49.9 Å². The molecule has 0 atom stereocenters. The number of aromatic nitrogens is 1. The van der Waals surface area contributed by atoms with E-state index in [4.69, 9.17) is 0 Å². The Morgan fingerprint density at radius 1 is 1.00 bits per heavy atom. The van der Waals surface area contributed by atoms with Crippen molar-refractivity contribution in [2.75, 3.05) is 5.32 Å². The average Bonchev–Trinajstić information content (AvgIpc) is 3.10. The Balaban J connectivity index is 1.76. The predicted octanol–water partition coefficient (Wildman–Crippen LogP) is 5.60. The molecule has 3 rings (SSSR count). The largest absolute Gasteiger partial charge is 0.345 e. The first kappa shape index (κ1) is 19.7. The van der Waals surface area contributed by atoms with Gasteiger partial charge in [0.2, 0.25) is 0 Å². The molecule has 0 aliphatic carbocycles. The van der Waals surface area contributed by atoms with Crippen molar-refractivity contribution in [2.24, 2.45) is 0 Å². The van der Waals surface area contributed by atoms with Crippen LogP contribution in [0.1, 0.15) is 36.2 Å². The summed E-state index contributed by atoms with van der Waals surface area (Å²) in [6, 6.07) is 20.5. The van der Waals surface area contributed by atoms with Crippen LogP contribution in [0.4, 0.5) is 10.5 Å². The van der Waals surface area contributed by atoms with Crippen LogP contribution >= 0.6 is 0 Å². The molecular weight excluding hydrogens is 346 g/mol. The average molecular weight is 376 g/mol. The molecule has 3 aromatic rings. The van der Waals surface area contributed by atoms with Gasteiger partial charge < -0.3 is 14.8 Å². The molecule has 0 radical (unpaired) electrons. The monoisotopic (exact) mass is 375 g/mol. The zero-order chi connectivity index (χ0) is 20.1. The van der Waals surface area contributed by atoms with Crippen molar-refractivity contribution in [2.45, 2.75) is 46.8 Å². The van der Waals surface area contributed by atoms with E-state index >= 15 is 0 Å². The third-order valence-electron chi connectivity index (χ3n) is 5.18. The van der Waals surface area contributed by atoms with Gasteiger partial charge >= 0.3 is 6.03 Å². The maximum atomic E-state index is 13.0. The molecule has 28 heavy (non-hydrogen) atoms. The van der Waals surface area contributed by atoms with Gasteiger partial charge in [0.15, 0.2) is 0 Å². The van der Waals surface area contributed by atoms with Gasteiger partial charge in [-0.25, -0.2) is 4.79 Å². The number of hydrogen-bond donors (Lipinski definition) is 1. The molecule has 0 unspecified atom stereocenters. The zero-order valence-electron chi connectivity index (χ0n) is 17.1. The molecule has 1 aromatic heterocycles. The van der Waals surface area contributed by atoms with E-state index in [0.29, 0.717) is 6.54 Å². The van der Waals surface area contributed by atoms with Gasteiger partial charge in [-0.3, -0.25) is 0 Å². The number of anilines is 1. The molecule has 4 heteroatoms. The van der Waals surface area contributed by atoms with Crippen molar-refractivity contribution >= 4 is 11.7 Å². The van der Waals surface area contributed by atoms with Gasteiger partial charge in [-0.1, -0.05) is 42.5 Å². The van der Waals surface area contributed by atoms with Crippen molar-refractivity contribution in [1.82, 2.24) is 9.47 Å². The second-order valence-electron chi connectivity index (χ2n) is 7.51. The zero-order valence-corrected chi connectivity index (χ0v) is 17.1. The lowest BCUT2D eigenvalue weighted by molar-refractivity contribution is 0.192. The van der Waals surface area contributed by atoms with Crippen LogP contribution in [0.15, 0.2) is 66.9 Å². The smallest absolute Gasteiger partial charge is 0.322 e. The first-order valence-electron chi connectivity index (χ1n) is 9.77. The van der Waals surface area contributed by atoms with E-state index in [1.165, 1.54) is 11.1 Å². The maximum absolute atomic E-state index is 13.0. The fraction of sp³-hybridized carbons (Fsp3) is 0.292. The van der Waals surface area contributed by atoms with Crippen LogP contribution < -0.4 is 5.32 Å². The first-order valence-corrected chi connectivity index (χ1v) is 9.77. The van der Waals surface area contributed by atoms with Crippen molar-refractivity contribution in [1.29, 1.82) is 0 Å². The number of urea groups is 1. The molecule has 4 nitrogen and oxygen atoms in total. The molecule has 0 aliphatic heterocycles. The Morgan fingerprint density at radius 2 is 1.75 bits per heavy atom. The molecule has 0 fully saturated rings. The van der Waals surface area contributed by atoms with Gasteiger partial charge in [0.25, 0.3) is 0 Å². The summed E-state index contributed by atoms with van der Waals surface area (Å²) >= 11 is 0. The molecular formula is C24H29N3O. The van der Waals surface area contributed by atoms with Crippen molar-refractivity contribution in [3.63, 3.8) is 0 Å². The highest BCUT2D eigenvalue weighted by atomic mass is 16.2. The molecule has 0 saturated heterocycles.